The molecule has 0 amide bonds. The van der Waals surface area contributed by atoms with E-state index in [2.05, 4.69) is 26.0 Å². The molecule has 0 saturated heterocycles. The highest BCUT2D eigenvalue weighted by Crippen LogP contribution is 2.27. The van der Waals surface area contributed by atoms with Crippen LogP contribution < -0.4 is 4.74 Å². The van der Waals surface area contributed by atoms with Crippen molar-refractivity contribution in [1.82, 2.24) is 0 Å². The van der Waals surface area contributed by atoms with Gasteiger partial charge >= 0.3 is 11.9 Å². The van der Waals surface area contributed by atoms with Gasteiger partial charge in [0.25, 0.3) is 0 Å². The highest BCUT2D eigenvalue weighted by atomic mass is 16.5. The van der Waals surface area contributed by atoms with Gasteiger partial charge in [0.15, 0.2) is 0 Å². The minimum atomic E-state index is -1.11. The number of carbonyl (C=O) groups excluding carboxylic acids is 1. The first-order valence-electron chi connectivity index (χ1n) is 7.98. The Labute approximate surface area is 142 Å². The topological polar surface area (TPSA) is 63.6 Å². The lowest BCUT2D eigenvalue weighted by Gasteiger charge is -2.13. The standard InChI is InChI=1S/C20H22O4/c1-13(2)10-15-6-4-7-16(11-15)12-17-8-5-9-18(20(22)23)19(17)24-14(3)21/h4-9,11,13H,10,12H2,1-3H3,(H,22,23). The van der Waals surface area contributed by atoms with Gasteiger partial charge in [-0.2, -0.15) is 0 Å². The van der Waals surface area contributed by atoms with Gasteiger partial charge in [-0.15, -0.1) is 0 Å². The summed E-state index contributed by atoms with van der Waals surface area (Å²) in [7, 11) is 0. The lowest BCUT2D eigenvalue weighted by molar-refractivity contribution is -0.131. The molecule has 0 heterocycles. The lowest BCUT2D eigenvalue weighted by Crippen LogP contribution is -2.10. The summed E-state index contributed by atoms with van der Waals surface area (Å²) in [5.41, 5.74) is 2.99. The van der Waals surface area contributed by atoms with E-state index < -0.39 is 11.9 Å². The first-order chi connectivity index (χ1) is 11.4. The van der Waals surface area contributed by atoms with Gasteiger partial charge in [0.1, 0.15) is 11.3 Å². The molecular formula is C20H22O4. The summed E-state index contributed by atoms with van der Waals surface area (Å²) < 4.78 is 5.19. The van der Waals surface area contributed by atoms with Crippen LogP contribution in [-0.2, 0) is 17.6 Å². The third-order valence-electron chi connectivity index (χ3n) is 3.60. The number of benzene rings is 2. The molecule has 0 fully saturated rings. The van der Waals surface area contributed by atoms with Gasteiger partial charge in [-0.05, 0) is 29.5 Å². The van der Waals surface area contributed by atoms with Gasteiger partial charge in [0, 0.05) is 18.9 Å². The minimum Gasteiger partial charge on any atom is -0.478 e. The summed E-state index contributed by atoms with van der Waals surface area (Å²) in [5, 5.41) is 9.32. The molecule has 4 heteroatoms. The van der Waals surface area contributed by atoms with Gasteiger partial charge in [-0.25, -0.2) is 4.79 Å². The smallest absolute Gasteiger partial charge is 0.339 e. The van der Waals surface area contributed by atoms with E-state index in [0.29, 0.717) is 17.9 Å². The summed E-state index contributed by atoms with van der Waals surface area (Å²) in [6.45, 7) is 5.61. The van der Waals surface area contributed by atoms with Gasteiger partial charge in [-0.3, -0.25) is 4.79 Å². The summed E-state index contributed by atoms with van der Waals surface area (Å²) in [4.78, 5) is 22.7. The number of rotatable bonds is 6. The first-order valence-corrected chi connectivity index (χ1v) is 7.98. The SMILES string of the molecule is CC(=O)Oc1c(Cc2cccc(CC(C)C)c2)cccc1C(=O)O. The second-order valence-corrected chi connectivity index (χ2v) is 6.29. The molecule has 0 radical (unpaired) electrons. The molecule has 0 spiro atoms. The molecule has 126 valence electrons. The Balaban J connectivity index is 2.37. The summed E-state index contributed by atoms with van der Waals surface area (Å²) in [5.74, 6) is -0.945. The van der Waals surface area contributed by atoms with Crippen LogP contribution in [-0.4, -0.2) is 17.0 Å². The average Bonchev–Trinajstić information content (AvgIpc) is 2.48. The largest absolute Gasteiger partial charge is 0.478 e. The molecule has 0 aromatic heterocycles. The van der Waals surface area contributed by atoms with Gasteiger partial charge in [-0.1, -0.05) is 50.2 Å². The molecule has 0 aliphatic heterocycles. The van der Waals surface area contributed by atoms with Crippen molar-refractivity contribution in [1.29, 1.82) is 0 Å². The lowest BCUT2D eigenvalue weighted by atomic mass is 9.97. The quantitative estimate of drug-likeness (QED) is 0.641. The number of ether oxygens (including phenoxy) is 1. The van der Waals surface area contributed by atoms with Gasteiger partial charge < -0.3 is 9.84 Å². The summed E-state index contributed by atoms with van der Waals surface area (Å²) in [6.07, 6.45) is 1.50. The van der Waals surface area contributed by atoms with E-state index in [1.165, 1.54) is 18.6 Å². The van der Waals surface area contributed by atoms with Crippen molar-refractivity contribution in [2.24, 2.45) is 5.92 Å². The Kier molecular flexibility index (Phi) is 5.74. The van der Waals surface area contributed by atoms with Crippen molar-refractivity contribution in [2.45, 2.75) is 33.6 Å². The molecule has 0 unspecified atom stereocenters. The molecule has 0 atom stereocenters. The van der Waals surface area contributed by atoms with Crippen LogP contribution in [0.1, 0.15) is 47.8 Å². The molecule has 1 N–H and O–H groups in total. The number of carboxylic acid groups (broad SMARTS) is 1. The molecule has 0 aliphatic carbocycles. The molecule has 0 aliphatic rings. The number of hydrogen-bond donors (Lipinski definition) is 1. The zero-order valence-electron chi connectivity index (χ0n) is 14.2. The van der Waals surface area contributed by atoms with E-state index in [1.54, 1.807) is 12.1 Å². The minimum absolute atomic E-state index is 0.000958. The Morgan fingerprint density at radius 3 is 2.38 bits per heavy atom. The highest BCUT2D eigenvalue weighted by Gasteiger charge is 2.17. The van der Waals surface area contributed by atoms with Crippen LogP contribution in [0.2, 0.25) is 0 Å². The first kappa shape index (κ1) is 17.7. The third-order valence-corrected chi connectivity index (χ3v) is 3.60. The van der Waals surface area contributed by atoms with Crippen LogP contribution in [0, 0.1) is 5.92 Å². The number of aromatic carboxylic acids is 1. The van der Waals surface area contributed by atoms with Crippen molar-refractivity contribution in [3.63, 3.8) is 0 Å². The fraction of sp³-hybridized carbons (Fsp3) is 0.300. The van der Waals surface area contributed by atoms with E-state index in [-0.39, 0.29) is 11.3 Å². The second kappa shape index (κ2) is 7.77. The van der Waals surface area contributed by atoms with Crippen LogP contribution >= 0.6 is 0 Å². The molecule has 0 saturated carbocycles. The van der Waals surface area contributed by atoms with Crippen LogP contribution in [0.5, 0.6) is 5.75 Å². The number of carbonyl (C=O) groups is 2. The number of carboxylic acids is 1. The fourth-order valence-electron chi connectivity index (χ4n) is 2.71. The molecule has 24 heavy (non-hydrogen) atoms. The Morgan fingerprint density at radius 2 is 1.75 bits per heavy atom. The number of esters is 1. The molecule has 2 aromatic rings. The average molecular weight is 326 g/mol. The highest BCUT2D eigenvalue weighted by molar-refractivity contribution is 5.92. The fourth-order valence-corrected chi connectivity index (χ4v) is 2.71. The second-order valence-electron chi connectivity index (χ2n) is 6.29. The van der Waals surface area contributed by atoms with Gasteiger partial charge in [0.2, 0.25) is 0 Å². The van der Waals surface area contributed by atoms with Gasteiger partial charge in [0.05, 0.1) is 0 Å². The van der Waals surface area contributed by atoms with Crippen molar-refractivity contribution in [2.75, 3.05) is 0 Å². The molecule has 2 aromatic carbocycles. The van der Waals surface area contributed by atoms with Crippen LogP contribution in [0.4, 0.5) is 0 Å². The Bertz CT molecular complexity index is 747. The molecule has 0 bridgehead atoms. The number of para-hydroxylation sites is 1. The maximum Gasteiger partial charge on any atom is 0.339 e. The van der Waals surface area contributed by atoms with Crippen molar-refractivity contribution < 1.29 is 19.4 Å². The third kappa shape index (κ3) is 4.69. The summed E-state index contributed by atoms with van der Waals surface area (Å²) in [6, 6.07) is 13.1. The van der Waals surface area contributed by atoms with Crippen molar-refractivity contribution in [3.8, 4) is 5.75 Å². The van der Waals surface area contributed by atoms with Crippen LogP contribution in [0.25, 0.3) is 0 Å². The zero-order valence-corrected chi connectivity index (χ0v) is 14.2. The predicted octanol–water partition coefficient (Wildman–Crippen LogP) is 4.10. The molecule has 2 rings (SSSR count). The van der Waals surface area contributed by atoms with Crippen LogP contribution in [0.3, 0.4) is 0 Å². The van der Waals surface area contributed by atoms with Crippen molar-refractivity contribution in [3.05, 3.63) is 64.7 Å². The normalized spacial score (nSPS) is 10.7. The summed E-state index contributed by atoms with van der Waals surface area (Å²) >= 11 is 0. The van der Waals surface area contributed by atoms with Crippen LogP contribution in [0.15, 0.2) is 42.5 Å². The predicted molar refractivity (Wildman–Crippen MR) is 92.5 cm³/mol. The van der Waals surface area contributed by atoms with Crippen molar-refractivity contribution >= 4 is 11.9 Å². The van der Waals surface area contributed by atoms with E-state index in [0.717, 1.165) is 12.0 Å². The number of hydrogen-bond acceptors (Lipinski definition) is 3. The molecular weight excluding hydrogens is 304 g/mol. The maximum atomic E-state index is 11.4. The Hall–Kier alpha value is -2.62. The van der Waals surface area contributed by atoms with E-state index in [9.17, 15) is 14.7 Å². The Morgan fingerprint density at radius 1 is 1.08 bits per heavy atom. The van der Waals surface area contributed by atoms with E-state index in [4.69, 9.17) is 4.74 Å². The maximum absolute atomic E-state index is 11.4. The monoisotopic (exact) mass is 326 g/mol. The zero-order chi connectivity index (χ0) is 17.7. The van der Waals surface area contributed by atoms with E-state index in [1.807, 2.05) is 12.1 Å². The molecule has 4 nitrogen and oxygen atoms in total. The van der Waals surface area contributed by atoms with E-state index >= 15 is 0 Å².